The number of hydrogen-bond acceptors (Lipinski definition) is 1. The highest BCUT2D eigenvalue weighted by Gasteiger charge is 2.17. The zero-order valence-corrected chi connectivity index (χ0v) is 7.64. The van der Waals surface area contributed by atoms with Crippen LogP contribution in [0.1, 0.15) is 49.4 Å². The van der Waals surface area contributed by atoms with Crippen molar-refractivity contribution in [2.75, 3.05) is 0 Å². The number of hydrogen-bond donors (Lipinski definition) is 1. The van der Waals surface area contributed by atoms with Crippen LogP contribution in [0.25, 0.3) is 0 Å². The lowest BCUT2D eigenvalue weighted by molar-refractivity contribution is 0.436. The zero-order chi connectivity index (χ0) is 8.39. The Morgan fingerprint density at radius 3 is 2.67 bits per heavy atom. The van der Waals surface area contributed by atoms with Gasteiger partial charge in [-0.2, -0.15) is 5.10 Å². The fourth-order valence-electron chi connectivity index (χ4n) is 2.05. The average molecular weight is 164 g/mol. The van der Waals surface area contributed by atoms with Crippen molar-refractivity contribution in [3.8, 4) is 0 Å². The first-order valence-electron chi connectivity index (χ1n) is 4.88. The Morgan fingerprint density at radius 2 is 2.08 bits per heavy atom. The molecule has 1 heterocycles. The molecule has 1 fully saturated rings. The van der Waals surface area contributed by atoms with Gasteiger partial charge in [0.15, 0.2) is 0 Å². The minimum atomic E-state index is 0.740. The lowest BCUT2D eigenvalue weighted by atomic mass is 9.87. The minimum Gasteiger partial charge on any atom is -0.283 e. The van der Waals surface area contributed by atoms with E-state index in [-0.39, 0.29) is 0 Å². The number of nitrogens with one attached hydrogen (secondary N) is 1. The van der Waals surface area contributed by atoms with Crippen LogP contribution in [-0.4, -0.2) is 10.2 Å². The van der Waals surface area contributed by atoms with Gasteiger partial charge in [-0.25, -0.2) is 0 Å². The molecule has 0 atom stereocenters. The van der Waals surface area contributed by atoms with Gasteiger partial charge in [0.2, 0.25) is 0 Å². The quantitative estimate of drug-likeness (QED) is 0.679. The summed E-state index contributed by atoms with van der Waals surface area (Å²) in [4.78, 5) is 0. The SMILES string of the molecule is Cc1cc(C2CCCCC2)n[nH]1. The Balaban J connectivity index is 2.08. The second-order valence-electron chi connectivity index (χ2n) is 3.81. The van der Waals surface area contributed by atoms with Crippen LogP contribution in [0.5, 0.6) is 0 Å². The second kappa shape index (κ2) is 3.30. The minimum absolute atomic E-state index is 0.740. The number of aromatic nitrogens is 2. The summed E-state index contributed by atoms with van der Waals surface area (Å²) in [5.74, 6) is 0.740. The highest BCUT2D eigenvalue weighted by Crippen LogP contribution is 2.31. The molecule has 1 N–H and O–H groups in total. The van der Waals surface area contributed by atoms with E-state index in [1.165, 1.54) is 43.5 Å². The third-order valence-electron chi connectivity index (χ3n) is 2.75. The first-order chi connectivity index (χ1) is 5.86. The summed E-state index contributed by atoms with van der Waals surface area (Å²) in [7, 11) is 0. The number of rotatable bonds is 1. The number of H-pyrrole nitrogens is 1. The lowest BCUT2D eigenvalue weighted by Gasteiger charge is -2.18. The summed E-state index contributed by atoms with van der Waals surface area (Å²) in [5, 5.41) is 7.33. The summed E-state index contributed by atoms with van der Waals surface area (Å²) in [6.07, 6.45) is 6.86. The normalized spacial score (nSPS) is 19.8. The van der Waals surface area contributed by atoms with Gasteiger partial charge in [0.05, 0.1) is 5.69 Å². The molecule has 1 aromatic heterocycles. The highest BCUT2D eigenvalue weighted by atomic mass is 15.1. The fraction of sp³-hybridized carbons (Fsp3) is 0.700. The Bertz CT molecular complexity index is 246. The molecule has 1 aliphatic carbocycles. The molecule has 2 nitrogen and oxygen atoms in total. The van der Waals surface area contributed by atoms with Gasteiger partial charge in [0.25, 0.3) is 0 Å². The van der Waals surface area contributed by atoms with Crippen LogP contribution in [0.2, 0.25) is 0 Å². The third-order valence-corrected chi connectivity index (χ3v) is 2.75. The van der Waals surface area contributed by atoms with Crippen LogP contribution in [0.15, 0.2) is 6.07 Å². The molecule has 2 rings (SSSR count). The predicted molar refractivity (Wildman–Crippen MR) is 49.2 cm³/mol. The molecule has 1 saturated carbocycles. The number of aromatic amines is 1. The summed E-state index contributed by atoms with van der Waals surface area (Å²) < 4.78 is 0. The lowest BCUT2D eigenvalue weighted by Crippen LogP contribution is -2.04. The second-order valence-corrected chi connectivity index (χ2v) is 3.81. The van der Waals surface area contributed by atoms with E-state index in [0.717, 1.165) is 5.92 Å². The maximum absolute atomic E-state index is 4.31. The van der Waals surface area contributed by atoms with E-state index in [2.05, 4.69) is 23.2 Å². The van der Waals surface area contributed by atoms with E-state index in [1.54, 1.807) is 0 Å². The summed E-state index contributed by atoms with van der Waals surface area (Å²) in [5.41, 5.74) is 2.47. The van der Waals surface area contributed by atoms with E-state index >= 15 is 0 Å². The van der Waals surface area contributed by atoms with Crippen LogP contribution in [0, 0.1) is 6.92 Å². The Morgan fingerprint density at radius 1 is 1.33 bits per heavy atom. The van der Waals surface area contributed by atoms with Crippen molar-refractivity contribution in [3.05, 3.63) is 17.5 Å². The van der Waals surface area contributed by atoms with E-state index in [0.29, 0.717) is 0 Å². The number of nitrogens with zero attached hydrogens (tertiary/aromatic N) is 1. The fourth-order valence-corrected chi connectivity index (χ4v) is 2.05. The molecule has 0 radical (unpaired) electrons. The summed E-state index contributed by atoms with van der Waals surface area (Å²) >= 11 is 0. The zero-order valence-electron chi connectivity index (χ0n) is 7.64. The van der Waals surface area contributed by atoms with Crippen LogP contribution in [-0.2, 0) is 0 Å². The van der Waals surface area contributed by atoms with Gasteiger partial charge in [-0.3, -0.25) is 5.10 Å². The molecule has 0 bridgehead atoms. The Hall–Kier alpha value is -0.790. The van der Waals surface area contributed by atoms with Crippen molar-refractivity contribution < 1.29 is 0 Å². The van der Waals surface area contributed by atoms with Gasteiger partial charge in [0, 0.05) is 11.6 Å². The maximum Gasteiger partial charge on any atom is 0.0655 e. The molecular weight excluding hydrogens is 148 g/mol. The molecule has 66 valence electrons. The van der Waals surface area contributed by atoms with Gasteiger partial charge in [-0.15, -0.1) is 0 Å². The molecule has 0 aromatic carbocycles. The Kier molecular flexibility index (Phi) is 2.15. The van der Waals surface area contributed by atoms with Crippen LogP contribution < -0.4 is 0 Å². The highest BCUT2D eigenvalue weighted by molar-refractivity contribution is 5.12. The van der Waals surface area contributed by atoms with Crippen molar-refractivity contribution in [2.24, 2.45) is 0 Å². The van der Waals surface area contributed by atoms with E-state index in [4.69, 9.17) is 0 Å². The molecule has 0 amide bonds. The maximum atomic E-state index is 4.31. The van der Waals surface area contributed by atoms with Crippen molar-refractivity contribution in [1.29, 1.82) is 0 Å². The molecule has 0 spiro atoms. The van der Waals surface area contributed by atoms with Gasteiger partial charge in [0.1, 0.15) is 0 Å². The van der Waals surface area contributed by atoms with Crippen molar-refractivity contribution in [3.63, 3.8) is 0 Å². The molecular formula is C10H16N2. The first kappa shape index (κ1) is 7.84. The smallest absolute Gasteiger partial charge is 0.0655 e. The van der Waals surface area contributed by atoms with Crippen LogP contribution in [0.4, 0.5) is 0 Å². The standard InChI is InChI=1S/C10H16N2/c1-8-7-10(12-11-8)9-5-3-2-4-6-9/h7,9H,2-6H2,1H3,(H,11,12). The Labute approximate surface area is 73.4 Å². The van der Waals surface area contributed by atoms with Crippen molar-refractivity contribution >= 4 is 0 Å². The summed E-state index contributed by atoms with van der Waals surface area (Å²) in [6.45, 7) is 2.07. The summed E-state index contributed by atoms with van der Waals surface area (Å²) in [6, 6.07) is 2.19. The van der Waals surface area contributed by atoms with Crippen molar-refractivity contribution in [2.45, 2.75) is 44.9 Å². The van der Waals surface area contributed by atoms with Gasteiger partial charge in [-0.1, -0.05) is 19.3 Å². The first-order valence-corrected chi connectivity index (χ1v) is 4.88. The van der Waals surface area contributed by atoms with Gasteiger partial charge >= 0.3 is 0 Å². The van der Waals surface area contributed by atoms with Crippen LogP contribution in [0.3, 0.4) is 0 Å². The molecule has 1 aliphatic rings. The molecule has 0 saturated heterocycles. The molecule has 0 unspecified atom stereocenters. The van der Waals surface area contributed by atoms with E-state index in [9.17, 15) is 0 Å². The van der Waals surface area contributed by atoms with Gasteiger partial charge < -0.3 is 0 Å². The molecule has 2 heteroatoms. The average Bonchev–Trinajstić information content (AvgIpc) is 2.54. The van der Waals surface area contributed by atoms with E-state index in [1.807, 2.05) is 0 Å². The topological polar surface area (TPSA) is 28.7 Å². The third kappa shape index (κ3) is 1.52. The monoisotopic (exact) mass is 164 g/mol. The molecule has 12 heavy (non-hydrogen) atoms. The molecule has 1 aromatic rings. The van der Waals surface area contributed by atoms with Crippen LogP contribution >= 0.6 is 0 Å². The predicted octanol–water partition coefficient (Wildman–Crippen LogP) is 2.77. The largest absolute Gasteiger partial charge is 0.283 e. The van der Waals surface area contributed by atoms with Crippen molar-refractivity contribution in [1.82, 2.24) is 10.2 Å². The molecule has 0 aliphatic heterocycles. The number of aryl methyl sites for hydroxylation is 1. The van der Waals surface area contributed by atoms with E-state index < -0.39 is 0 Å². The van der Waals surface area contributed by atoms with Gasteiger partial charge in [-0.05, 0) is 25.8 Å².